The molecule has 0 aromatic rings. The fourth-order valence-corrected chi connectivity index (χ4v) is 10.1. The molecule has 5 fully saturated rings. The van der Waals surface area contributed by atoms with Crippen LogP contribution in [0.25, 0.3) is 0 Å². The second-order valence-electron chi connectivity index (χ2n) is 13.9. The molecule has 12 atom stereocenters. The molecule has 2 aliphatic heterocycles. The SMILES string of the molecule is C[C@@H]1O[C@H](O[C@@H]2CC[C@]3(C=NCCO)[C@H]4CC[C@]5(C)[C@H](C6=CC(=O)OC6)CC[C@]5(O)[C@@H]4CC[C@]3(O)C2)C[C@H](O)[C@@H]1O. The van der Waals surface area contributed by atoms with Crippen molar-refractivity contribution in [3.05, 3.63) is 11.6 Å². The molecule has 0 spiro atoms. The number of nitrogens with zero attached hydrogens (tertiary/aromatic N) is 1. The molecule has 0 unspecified atom stereocenters. The van der Waals surface area contributed by atoms with Gasteiger partial charge in [0, 0.05) is 36.0 Å². The third-order valence-electron chi connectivity index (χ3n) is 12.2. The number of fused-ring (bicyclic) bond motifs is 5. The van der Waals surface area contributed by atoms with Crippen LogP contribution in [0.15, 0.2) is 16.6 Å². The topological polar surface area (TPSA) is 158 Å². The van der Waals surface area contributed by atoms with Crippen molar-refractivity contribution >= 4 is 12.2 Å². The van der Waals surface area contributed by atoms with Gasteiger partial charge in [-0.05, 0) is 81.6 Å². The Balaban J connectivity index is 1.26. The van der Waals surface area contributed by atoms with Gasteiger partial charge in [0.05, 0.1) is 42.7 Å². The Morgan fingerprint density at radius 3 is 2.59 bits per heavy atom. The fraction of sp³-hybridized carbons (Fsp3) is 0.871. The van der Waals surface area contributed by atoms with Crippen molar-refractivity contribution in [2.75, 3.05) is 19.8 Å². The molecular weight excluding hydrogens is 530 g/mol. The van der Waals surface area contributed by atoms with Gasteiger partial charge in [-0.3, -0.25) is 4.99 Å². The molecule has 10 nitrogen and oxygen atoms in total. The number of aliphatic hydroxyl groups excluding tert-OH is 3. The van der Waals surface area contributed by atoms with E-state index in [0.717, 1.165) is 24.8 Å². The summed E-state index contributed by atoms with van der Waals surface area (Å²) < 4.78 is 17.4. The van der Waals surface area contributed by atoms with Crippen molar-refractivity contribution < 1.29 is 44.5 Å². The van der Waals surface area contributed by atoms with Crippen LogP contribution in [-0.4, -0.2) is 99.4 Å². The van der Waals surface area contributed by atoms with E-state index in [0.29, 0.717) is 45.1 Å². The van der Waals surface area contributed by atoms with Gasteiger partial charge in [0.15, 0.2) is 6.29 Å². The van der Waals surface area contributed by atoms with Crippen molar-refractivity contribution in [2.45, 2.75) is 120 Å². The standard InChI is InChI=1S/C31H47NO9/c1-18-27(36)24(34)14-26(40-18)41-20-3-8-29(17-32-11-12-33)22-4-7-28(2)21(19-13-25(35)39-16-19)6-10-31(28,38)23(22)5-9-30(29,37)15-20/h13,17-18,20-24,26-27,33-34,36-38H,3-12,14-16H2,1-2H3/t18-,20+,21-,22-,23+,24-,26+,27+,28+,29-,30-,31-/m0/s1. The molecule has 0 aromatic carbocycles. The third kappa shape index (κ3) is 4.55. The van der Waals surface area contributed by atoms with E-state index in [2.05, 4.69) is 11.9 Å². The summed E-state index contributed by atoms with van der Waals surface area (Å²) in [6, 6.07) is 0. The highest BCUT2D eigenvalue weighted by Crippen LogP contribution is 2.70. The molecule has 2 heterocycles. The first-order valence-electron chi connectivity index (χ1n) is 15.6. The highest BCUT2D eigenvalue weighted by Gasteiger charge is 2.71. The van der Waals surface area contributed by atoms with E-state index in [-0.39, 0.29) is 54.8 Å². The minimum absolute atomic E-state index is 0.0137. The maximum absolute atomic E-state index is 12.6. The number of rotatable bonds is 6. The van der Waals surface area contributed by atoms with Gasteiger partial charge in [-0.25, -0.2) is 4.79 Å². The summed E-state index contributed by atoms with van der Waals surface area (Å²) in [5, 5.41) is 54.8. The second kappa shape index (κ2) is 10.6. The number of hydrogen-bond donors (Lipinski definition) is 5. The van der Waals surface area contributed by atoms with E-state index >= 15 is 0 Å². The highest BCUT2D eigenvalue weighted by atomic mass is 16.7. The Morgan fingerprint density at radius 2 is 1.88 bits per heavy atom. The van der Waals surface area contributed by atoms with Crippen LogP contribution in [0.5, 0.6) is 0 Å². The monoisotopic (exact) mass is 577 g/mol. The molecule has 6 aliphatic rings. The van der Waals surface area contributed by atoms with E-state index in [9.17, 15) is 30.3 Å². The Bertz CT molecular complexity index is 1070. The van der Waals surface area contributed by atoms with Gasteiger partial charge in [-0.15, -0.1) is 0 Å². The van der Waals surface area contributed by atoms with Gasteiger partial charge < -0.3 is 39.7 Å². The summed E-state index contributed by atoms with van der Waals surface area (Å²) in [4.78, 5) is 16.5. The number of cyclic esters (lactones) is 1. The maximum Gasteiger partial charge on any atom is 0.331 e. The number of carbonyl (C=O) groups is 1. The van der Waals surface area contributed by atoms with Crippen LogP contribution in [0, 0.1) is 28.6 Å². The predicted octanol–water partition coefficient (Wildman–Crippen LogP) is 1.64. The van der Waals surface area contributed by atoms with Gasteiger partial charge in [0.2, 0.25) is 0 Å². The zero-order valence-electron chi connectivity index (χ0n) is 24.3. The van der Waals surface area contributed by atoms with Gasteiger partial charge in [0.1, 0.15) is 12.7 Å². The second-order valence-corrected chi connectivity index (χ2v) is 13.9. The Kier molecular flexibility index (Phi) is 7.70. The van der Waals surface area contributed by atoms with Crippen LogP contribution < -0.4 is 0 Å². The van der Waals surface area contributed by atoms with E-state index in [1.54, 1.807) is 13.0 Å². The van der Waals surface area contributed by atoms with E-state index in [1.165, 1.54) is 0 Å². The zero-order chi connectivity index (χ0) is 29.2. The average molecular weight is 578 g/mol. The maximum atomic E-state index is 12.6. The molecule has 1 saturated heterocycles. The molecule has 10 heteroatoms. The smallest absolute Gasteiger partial charge is 0.331 e. The van der Waals surface area contributed by atoms with Gasteiger partial charge >= 0.3 is 5.97 Å². The summed E-state index contributed by atoms with van der Waals surface area (Å²) in [5.41, 5.74) is -2.09. The molecule has 4 saturated carbocycles. The van der Waals surface area contributed by atoms with Gasteiger partial charge in [-0.2, -0.15) is 0 Å². The number of aliphatic imine (C=N–C) groups is 1. The molecule has 5 N–H and O–H groups in total. The van der Waals surface area contributed by atoms with Crippen molar-refractivity contribution in [1.82, 2.24) is 0 Å². The molecule has 0 aromatic heterocycles. The first-order chi connectivity index (χ1) is 19.5. The summed E-state index contributed by atoms with van der Waals surface area (Å²) in [7, 11) is 0. The molecule has 0 bridgehead atoms. The van der Waals surface area contributed by atoms with Crippen LogP contribution in [0.2, 0.25) is 0 Å². The molecule has 0 radical (unpaired) electrons. The number of carbonyl (C=O) groups excluding carboxylic acids is 1. The quantitative estimate of drug-likeness (QED) is 0.180. The van der Waals surface area contributed by atoms with Crippen LogP contribution in [0.3, 0.4) is 0 Å². The van der Waals surface area contributed by atoms with E-state index < -0.39 is 41.2 Å². The van der Waals surface area contributed by atoms with Crippen LogP contribution in [-0.2, 0) is 19.0 Å². The summed E-state index contributed by atoms with van der Waals surface area (Å²) in [5.74, 6) is -0.218. The number of hydrogen-bond acceptors (Lipinski definition) is 10. The molecule has 4 aliphatic carbocycles. The van der Waals surface area contributed by atoms with E-state index in [4.69, 9.17) is 14.2 Å². The van der Waals surface area contributed by atoms with Crippen molar-refractivity contribution in [3.63, 3.8) is 0 Å². The largest absolute Gasteiger partial charge is 0.458 e. The Hall–Kier alpha value is -1.40. The average Bonchev–Trinajstić information content (AvgIpc) is 3.47. The number of ether oxygens (including phenoxy) is 3. The molecule has 230 valence electrons. The normalized spacial score (nSPS) is 51.6. The lowest BCUT2D eigenvalue weighted by molar-refractivity contribution is -0.282. The number of esters is 1. The predicted molar refractivity (Wildman–Crippen MR) is 148 cm³/mol. The minimum Gasteiger partial charge on any atom is -0.458 e. The summed E-state index contributed by atoms with van der Waals surface area (Å²) >= 11 is 0. The lowest BCUT2D eigenvalue weighted by atomic mass is 9.41. The van der Waals surface area contributed by atoms with Crippen LogP contribution in [0.4, 0.5) is 0 Å². The molecular formula is C31H47NO9. The molecule has 41 heavy (non-hydrogen) atoms. The first kappa shape index (κ1) is 29.7. The lowest BCUT2D eigenvalue weighted by Crippen LogP contribution is -2.69. The Morgan fingerprint density at radius 1 is 1.10 bits per heavy atom. The summed E-state index contributed by atoms with van der Waals surface area (Å²) in [6.07, 6.45) is 6.25. The molecule has 0 amide bonds. The lowest BCUT2D eigenvalue weighted by Gasteiger charge is -2.66. The van der Waals surface area contributed by atoms with Gasteiger partial charge in [-0.1, -0.05) is 6.92 Å². The van der Waals surface area contributed by atoms with Crippen molar-refractivity contribution in [3.8, 4) is 0 Å². The minimum atomic E-state index is -1.11. The van der Waals surface area contributed by atoms with Crippen LogP contribution in [0.1, 0.15) is 78.1 Å². The Labute approximate surface area is 241 Å². The van der Waals surface area contributed by atoms with Crippen LogP contribution >= 0.6 is 0 Å². The highest BCUT2D eigenvalue weighted by molar-refractivity contribution is 5.85. The number of aliphatic hydroxyl groups is 5. The zero-order valence-corrected chi connectivity index (χ0v) is 24.3. The summed E-state index contributed by atoms with van der Waals surface area (Å²) in [6.45, 7) is 4.39. The molecule has 6 rings (SSSR count). The van der Waals surface area contributed by atoms with Crippen molar-refractivity contribution in [2.24, 2.45) is 33.6 Å². The van der Waals surface area contributed by atoms with E-state index in [1.807, 2.05) is 6.21 Å². The van der Waals surface area contributed by atoms with Gasteiger partial charge in [0.25, 0.3) is 0 Å². The van der Waals surface area contributed by atoms with Crippen molar-refractivity contribution in [1.29, 1.82) is 0 Å². The first-order valence-corrected chi connectivity index (χ1v) is 15.6. The fourth-order valence-electron chi connectivity index (χ4n) is 10.1. The third-order valence-corrected chi connectivity index (χ3v) is 12.2.